The molecule has 0 aliphatic heterocycles. The molecule has 0 atom stereocenters. The van der Waals surface area contributed by atoms with Crippen LogP contribution in [0.2, 0.25) is 0 Å². The predicted octanol–water partition coefficient (Wildman–Crippen LogP) is 6.08. The molecule has 18 heavy (non-hydrogen) atoms. The molecule has 0 aromatic carbocycles. The maximum atomic E-state index is 2.50. The third kappa shape index (κ3) is 4.09. The van der Waals surface area contributed by atoms with Crippen LogP contribution in [0.3, 0.4) is 0 Å². The normalized spacial score (nSPS) is 11.3. The van der Waals surface area contributed by atoms with E-state index >= 15 is 0 Å². The van der Waals surface area contributed by atoms with Crippen LogP contribution in [0.1, 0.15) is 75.4 Å². The Bertz CT molecular complexity index is 320. The molecule has 0 amide bonds. The third-order valence-corrected chi connectivity index (χ3v) is 4.73. The minimum absolute atomic E-state index is 1.27. The number of hydrogen-bond acceptors (Lipinski definition) is 0. The van der Waals surface area contributed by atoms with Gasteiger partial charge in [-0.05, 0) is 53.5 Å². The molecular formula is C17H29P. The highest BCUT2D eigenvalue weighted by Crippen LogP contribution is 2.31. The first kappa shape index (κ1) is 15.7. The molecule has 0 nitrogen and oxygen atoms in total. The van der Waals surface area contributed by atoms with Crippen LogP contribution < -0.4 is 0 Å². The van der Waals surface area contributed by atoms with Crippen molar-refractivity contribution in [1.29, 1.82) is 0 Å². The van der Waals surface area contributed by atoms with E-state index in [2.05, 4.69) is 33.5 Å². The van der Waals surface area contributed by atoms with Crippen LogP contribution in [0.4, 0.5) is 0 Å². The van der Waals surface area contributed by atoms with Gasteiger partial charge in [-0.25, -0.2) is 0 Å². The molecule has 0 saturated heterocycles. The lowest BCUT2D eigenvalue weighted by atomic mass is 9.94. The van der Waals surface area contributed by atoms with Gasteiger partial charge in [-0.15, -0.1) is 0 Å². The second-order valence-corrected chi connectivity index (χ2v) is 6.24. The zero-order chi connectivity index (χ0) is 13.4. The zero-order valence-electron chi connectivity index (χ0n) is 12.7. The van der Waals surface area contributed by atoms with E-state index in [-0.39, 0.29) is 0 Å². The van der Waals surface area contributed by atoms with E-state index in [0.29, 0.717) is 0 Å². The molecule has 1 heteroatoms. The Morgan fingerprint density at radius 3 is 1.83 bits per heavy atom. The Hall–Kier alpha value is -0.350. The maximum absolute atomic E-state index is 2.50. The van der Waals surface area contributed by atoms with Crippen LogP contribution in [0.5, 0.6) is 0 Å². The van der Waals surface area contributed by atoms with E-state index in [9.17, 15) is 0 Å². The van der Waals surface area contributed by atoms with E-state index in [1.165, 1.54) is 59.6 Å². The summed E-state index contributed by atoms with van der Waals surface area (Å²) in [5.41, 5.74) is 5.10. The lowest BCUT2D eigenvalue weighted by molar-refractivity contribution is 0.813. The van der Waals surface area contributed by atoms with Crippen molar-refractivity contribution < 1.29 is 0 Å². The molecule has 0 aliphatic carbocycles. The summed E-state index contributed by atoms with van der Waals surface area (Å²) >= 11 is 0. The summed E-state index contributed by atoms with van der Waals surface area (Å²) in [5, 5.41) is 1.71. The van der Waals surface area contributed by atoms with Crippen LogP contribution in [0, 0.1) is 0 Å². The van der Waals surface area contributed by atoms with Crippen molar-refractivity contribution in [3.8, 4) is 0 Å². The molecule has 0 radical (unpaired) electrons. The average Bonchev–Trinajstić information content (AvgIpc) is 2.37. The van der Waals surface area contributed by atoms with Gasteiger partial charge in [0.15, 0.2) is 0 Å². The quantitative estimate of drug-likeness (QED) is 0.534. The SMILES string of the molecule is CCCc1cpc(CCC)c(CCC)c1CCC. The topological polar surface area (TPSA) is 0 Å². The van der Waals surface area contributed by atoms with E-state index in [1.54, 1.807) is 22.0 Å². The standard InChI is InChI=1S/C17H29P/c1-5-9-14-13-18-17(12-8-4)16(11-7-3)15(14)10-6-2/h13H,5-12H2,1-4H3. The molecule has 0 spiro atoms. The van der Waals surface area contributed by atoms with Gasteiger partial charge in [-0.1, -0.05) is 61.6 Å². The second kappa shape index (κ2) is 8.70. The summed E-state index contributed by atoms with van der Waals surface area (Å²) in [6.45, 7) is 9.23. The summed E-state index contributed by atoms with van der Waals surface area (Å²) in [6, 6.07) is 0. The van der Waals surface area contributed by atoms with Crippen LogP contribution in [0.25, 0.3) is 0 Å². The van der Waals surface area contributed by atoms with Gasteiger partial charge < -0.3 is 0 Å². The molecule has 1 rings (SSSR count). The van der Waals surface area contributed by atoms with Crippen molar-refractivity contribution in [2.75, 3.05) is 0 Å². The van der Waals surface area contributed by atoms with Crippen LogP contribution in [-0.2, 0) is 25.7 Å². The van der Waals surface area contributed by atoms with Crippen molar-refractivity contribution in [3.05, 3.63) is 27.8 Å². The summed E-state index contributed by atoms with van der Waals surface area (Å²) in [6.07, 6.45) is 10.3. The lowest BCUT2D eigenvalue weighted by Gasteiger charge is -2.17. The summed E-state index contributed by atoms with van der Waals surface area (Å²) in [7, 11) is 1.49. The zero-order valence-corrected chi connectivity index (χ0v) is 13.6. The average molecular weight is 264 g/mol. The van der Waals surface area contributed by atoms with Gasteiger partial charge in [0, 0.05) is 0 Å². The second-order valence-electron chi connectivity index (χ2n) is 5.19. The van der Waals surface area contributed by atoms with Gasteiger partial charge in [0.25, 0.3) is 0 Å². The monoisotopic (exact) mass is 264 g/mol. The maximum Gasteiger partial charge on any atom is -0.0171 e. The molecular weight excluding hydrogens is 235 g/mol. The molecule has 1 aromatic rings. The van der Waals surface area contributed by atoms with Gasteiger partial charge >= 0.3 is 0 Å². The van der Waals surface area contributed by atoms with E-state index < -0.39 is 0 Å². The molecule has 102 valence electrons. The van der Waals surface area contributed by atoms with E-state index in [0.717, 1.165) is 0 Å². The summed E-state index contributed by atoms with van der Waals surface area (Å²) in [5.74, 6) is 2.50. The first-order valence-corrected chi connectivity index (χ1v) is 8.73. The first-order valence-electron chi connectivity index (χ1n) is 7.76. The Morgan fingerprint density at radius 1 is 0.722 bits per heavy atom. The van der Waals surface area contributed by atoms with Crippen molar-refractivity contribution in [3.63, 3.8) is 0 Å². The van der Waals surface area contributed by atoms with Crippen LogP contribution >= 0.6 is 8.19 Å². The first-order chi connectivity index (χ1) is 8.78. The van der Waals surface area contributed by atoms with Crippen LogP contribution in [0.15, 0.2) is 5.80 Å². The number of aryl methyl sites for hydroxylation is 2. The van der Waals surface area contributed by atoms with Crippen LogP contribution in [-0.4, -0.2) is 0 Å². The van der Waals surface area contributed by atoms with Crippen molar-refractivity contribution in [1.82, 2.24) is 0 Å². The van der Waals surface area contributed by atoms with E-state index in [1.807, 2.05) is 0 Å². The Labute approximate surface area is 115 Å². The van der Waals surface area contributed by atoms with Crippen molar-refractivity contribution >= 4 is 8.19 Å². The summed E-state index contributed by atoms with van der Waals surface area (Å²) in [4.78, 5) is 0. The molecule has 0 fully saturated rings. The minimum atomic E-state index is 1.27. The molecule has 1 aromatic heterocycles. The predicted molar refractivity (Wildman–Crippen MR) is 84.9 cm³/mol. The minimum Gasteiger partial charge on any atom is -0.0723 e. The third-order valence-electron chi connectivity index (χ3n) is 3.48. The van der Waals surface area contributed by atoms with Gasteiger partial charge in [-0.3, -0.25) is 0 Å². The highest BCUT2D eigenvalue weighted by atomic mass is 31.0. The smallest absolute Gasteiger partial charge is 0.0171 e. The highest BCUT2D eigenvalue weighted by molar-refractivity contribution is 7.30. The van der Waals surface area contributed by atoms with Crippen molar-refractivity contribution in [2.24, 2.45) is 0 Å². The van der Waals surface area contributed by atoms with Gasteiger partial charge in [-0.2, -0.15) is 0 Å². The Morgan fingerprint density at radius 2 is 1.28 bits per heavy atom. The Kier molecular flexibility index (Phi) is 7.59. The molecule has 0 aliphatic rings. The molecule has 0 unspecified atom stereocenters. The lowest BCUT2D eigenvalue weighted by Crippen LogP contribution is -2.03. The Balaban J connectivity index is 3.19. The number of hydrogen-bond donors (Lipinski definition) is 0. The summed E-state index contributed by atoms with van der Waals surface area (Å²) < 4.78 is 0. The van der Waals surface area contributed by atoms with Gasteiger partial charge in [0.05, 0.1) is 0 Å². The molecule has 0 N–H and O–H groups in total. The highest BCUT2D eigenvalue weighted by Gasteiger charge is 2.11. The van der Waals surface area contributed by atoms with Crippen molar-refractivity contribution in [2.45, 2.75) is 79.1 Å². The fraction of sp³-hybridized carbons (Fsp3) is 0.706. The molecule has 1 heterocycles. The number of rotatable bonds is 8. The van der Waals surface area contributed by atoms with Gasteiger partial charge in [0.1, 0.15) is 0 Å². The largest absolute Gasteiger partial charge is 0.0723 e. The molecule has 0 bridgehead atoms. The fourth-order valence-electron chi connectivity index (χ4n) is 2.72. The van der Waals surface area contributed by atoms with Gasteiger partial charge in [0.2, 0.25) is 0 Å². The molecule has 0 saturated carbocycles. The fourth-order valence-corrected chi connectivity index (χ4v) is 4.08. The van der Waals surface area contributed by atoms with E-state index in [4.69, 9.17) is 0 Å².